The number of halogens is 1. The fourth-order valence-corrected chi connectivity index (χ4v) is 4.40. The van der Waals surface area contributed by atoms with E-state index in [1.807, 2.05) is 42.5 Å². The Morgan fingerprint density at radius 2 is 1.83 bits per heavy atom. The van der Waals surface area contributed by atoms with Crippen molar-refractivity contribution >= 4 is 51.9 Å². The molecule has 0 spiro atoms. The van der Waals surface area contributed by atoms with Crippen molar-refractivity contribution < 1.29 is 14.3 Å². The van der Waals surface area contributed by atoms with Crippen molar-refractivity contribution in [2.75, 3.05) is 35.2 Å². The van der Waals surface area contributed by atoms with Crippen LogP contribution in [-0.4, -0.2) is 31.7 Å². The Kier molecular flexibility index (Phi) is 6.44. The summed E-state index contributed by atoms with van der Waals surface area (Å²) in [6, 6.07) is 21.0. The van der Waals surface area contributed by atoms with Crippen molar-refractivity contribution in [1.82, 2.24) is 5.32 Å². The lowest BCUT2D eigenvalue weighted by Crippen LogP contribution is -2.23. The lowest BCUT2D eigenvalue weighted by Gasteiger charge is -2.17. The van der Waals surface area contributed by atoms with Gasteiger partial charge in [0.25, 0.3) is 5.91 Å². The van der Waals surface area contributed by atoms with E-state index in [-0.39, 0.29) is 12.0 Å². The van der Waals surface area contributed by atoms with Gasteiger partial charge in [-0.3, -0.25) is 9.69 Å². The third kappa shape index (κ3) is 4.73. The molecule has 35 heavy (non-hydrogen) atoms. The zero-order valence-corrected chi connectivity index (χ0v) is 20.0. The van der Waals surface area contributed by atoms with Crippen LogP contribution in [0.1, 0.15) is 23.6 Å². The molecule has 1 saturated heterocycles. The largest absolute Gasteiger partial charge is 0.447 e. The van der Waals surface area contributed by atoms with Gasteiger partial charge < -0.3 is 20.7 Å². The van der Waals surface area contributed by atoms with Crippen LogP contribution in [0.25, 0.3) is 11.3 Å². The number of anilines is 3. The number of rotatable bonds is 7. The smallest absolute Gasteiger partial charge is 0.414 e. The summed E-state index contributed by atoms with van der Waals surface area (Å²) < 4.78 is 5.05. The Labute approximate surface area is 208 Å². The van der Waals surface area contributed by atoms with E-state index in [2.05, 4.69) is 35.0 Å². The van der Waals surface area contributed by atoms with Crippen molar-refractivity contribution in [2.45, 2.75) is 13.5 Å². The van der Waals surface area contributed by atoms with Gasteiger partial charge in [-0.1, -0.05) is 48.9 Å². The van der Waals surface area contributed by atoms with Gasteiger partial charge in [0.2, 0.25) is 0 Å². The summed E-state index contributed by atoms with van der Waals surface area (Å²) in [7, 11) is 0. The summed E-state index contributed by atoms with van der Waals surface area (Å²) in [6.07, 6.45) is -0.354. The van der Waals surface area contributed by atoms with E-state index in [4.69, 9.17) is 16.3 Å². The van der Waals surface area contributed by atoms with Crippen molar-refractivity contribution in [2.24, 2.45) is 0 Å². The zero-order chi connectivity index (χ0) is 24.4. The standard InChI is InChI=1S/C27H25ClN4O3/c1-2-29-16-17-3-8-20(9-4-17)30-25(24-22-12-7-19(28)15-23(22)31-26(24)33)18-5-10-21(11-6-18)32-13-14-35-27(32)34/h3-12,15,29-30H,2,13-14,16H2,1H3,(H,31,33). The van der Waals surface area contributed by atoms with E-state index in [9.17, 15) is 9.59 Å². The lowest BCUT2D eigenvalue weighted by molar-refractivity contribution is -0.110. The molecule has 0 radical (unpaired) electrons. The highest BCUT2D eigenvalue weighted by Gasteiger charge is 2.29. The number of nitrogens with one attached hydrogen (secondary N) is 3. The molecule has 2 amide bonds. The first-order valence-electron chi connectivity index (χ1n) is 11.5. The topological polar surface area (TPSA) is 82.7 Å². The zero-order valence-electron chi connectivity index (χ0n) is 19.2. The van der Waals surface area contributed by atoms with Crippen molar-refractivity contribution in [1.29, 1.82) is 0 Å². The molecule has 178 valence electrons. The summed E-state index contributed by atoms with van der Waals surface area (Å²) in [6.45, 7) is 4.66. The van der Waals surface area contributed by atoms with Gasteiger partial charge in [-0.25, -0.2) is 4.79 Å². The lowest BCUT2D eigenvalue weighted by atomic mass is 9.99. The fraction of sp³-hybridized carbons (Fsp3) is 0.185. The third-order valence-electron chi connectivity index (χ3n) is 6.01. The third-order valence-corrected chi connectivity index (χ3v) is 6.24. The van der Waals surface area contributed by atoms with Gasteiger partial charge in [-0.2, -0.15) is 0 Å². The number of benzene rings is 3. The predicted octanol–water partition coefficient (Wildman–Crippen LogP) is 5.34. The molecule has 3 N–H and O–H groups in total. The molecule has 0 unspecified atom stereocenters. The van der Waals surface area contributed by atoms with Crippen LogP contribution in [0.4, 0.5) is 21.9 Å². The average Bonchev–Trinajstić information content (AvgIpc) is 3.43. The monoisotopic (exact) mass is 488 g/mol. The van der Waals surface area contributed by atoms with E-state index in [0.29, 0.717) is 35.1 Å². The summed E-state index contributed by atoms with van der Waals surface area (Å²) in [5.74, 6) is -0.208. The molecule has 3 aromatic rings. The molecular formula is C27H25ClN4O3. The molecule has 0 bridgehead atoms. The highest BCUT2D eigenvalue weighted by molar-refractivity contribution is 6.38. The Morgan fingerprint density at radius 3 is 2.51 bits per heavy atom. The number of hydrogen-bond acceptors (Lipinski definition) is 5. The summed E-state index contributed by atoms with van der Waals surface area (Å²) >= 11 is 6.16. The molecule has 2 aliphatic rings. The van der Waals surface area contributed by atoms with E-state index in [0.717, 1.165) is 35.6 Å². The van der Waals surface area contributed by atoms with E-state index in [1.165, 1.54) is 5.56 Å². The van der Waals surface area contributed by atoms with Gasteiger partial charge >= 0.3 is 6.09 Å². The van der Waals surface area contributed by atoms with Crippen molar-refractivity contribution in [3.8, 4) is 0 Å². The fourth-order valence-electron chi connectivity index (χ4n) is 4.23. The van der Waals surface area contributed by atoms with Crippen LogP contribution < -0.4 is 20.9 Å². The number of carbonyl (C=O) groups excluding carboxylic acids is 2. The Hall–Kier alpha value is -3.81. The van der Waals surface area contributed by atoms with Gasteiger partial charge in [0, 0.05) is 28.5 Å². The molecule has 5 rings (SSSR count). The average molecular weight is 489 g/mol. The SMILES string of the molecule is CCNCc1ccc(NC(=C2C(=O)Nc3cc(Cl)ccc32)c2ccc(N3CCOC3=O)cc2)cc1. The van der Waals surface area contributed by atoms with Gasteiger partial charge in [-0.05, 0) is 54.1 Å². The van der Waals surface area contributed by atoms with Crippen LogP contribution in [-0.2, 0) is 16.1 Å². The molecule has 1 fully saturated rings. The molecule has 3 aromatic carbocycles. The summed E-state index contributed by atoms with van der Waals surface area (Å²) in [4.78, 5) is 26.7. The number of fused-ring (bicyclic) bond motifs is 1. The molecule has 2 heterocycles. The van der Waals surface area contributed by atoms with Crippen LogP contribution >= 0.6 is 11.6 Å². The Bertz CT molecular complexity index is 1300. The van der Waals surface area contributed by atoms with Crippen LogP contribution in [0.5, 0.6) is 0 Å². The Balaban J connectivity index is 1.54. The molecule has 8 heteroatoms. The predicted molar refractivity (Wildman–Crippen MR) is 139 cm³/mol. The van der Waals surface area contributed by atoms with Gasteiger partial charge in [0.15, 0.2) is 0 Å². The minimum absolute atomic E-state index is 0.208. The first kappa shape index (κ1) is 23.0. The molecule has 0 atom stereocenters. The first-order valence-corrected chi connectivity index (χ1v) is 11.9. The second kappa shape index (κ2) is 9.82. The second-order valence-electron chi connectivity index (χ2n) is 8.31. The number of ether oxygens (including phenoxy) is 1. The quantitative estimate of drug-likeness (QED) is 0.391. The molecule has 0 aromatic heterocycles. The van der Waals surface area contributed by atoms with Crippen LogP contribution in [0.3, 0.4) is 0 Å². The highest BCUT2D eigenvalue weighted by Crippen LogP contribution is 2.39. The number of hydrogen-bond donors (Lipinski definition) is 3. The molecule has 0 saturated carbocycles. The summed E-state index contributed by atoms with van der Waals surface area (Å²) in [5.41, 5.74) is 6.23. The van der Waals surface area contributed by atoms with E-state index >= 15 is 0 Å². The van der Waals surface area contributed by atoms with Crippen molar-refractivity contribution in [3.63, 3.8) is 0 Å². The van der Waals surface area contributed by atoms with Gasteiger partial charge in [0.05, 0.1) is 23.5 Å². The summed E-state index contributed by atoms with van der Waals surface area (Å²) in [5, 5.41) is 10.3. The van der Waals surface area contributed by atoms with Gasteiger partial charge in [-0.15, -0.1) is 0 Å². The van der Waals surface area contributed by atoms with Crippen LogP contribution in [0.15, 0.2) is 66.7 Å². The molecular weight excluding hydrogens is 464 g/mol. The normalized spacial score (nSPS) is 16.1. The first-order chi connectivity index (χ1) is 17.0. The number of nitrogens with zero attached hydrogens (tertiary/aromatic N) is 1. The molecule has 7 nitrogen and oxygen atoms in total. The van der Waals surface area contributed by atoms with E-state index in [1.54, 1.807) is 17.0 Å². The maximum absolute atomic E-state index is 13.1. The second-order valence-corrected chi connectivity index (χ2v) is 8.75. The molecule has 0 aliphatic carbocycles. The van der Waals surface area contributed by atoms with Crippen LogP contribution in [0.2, 0.25) is 5.02 Å². The number of amides is 2. The highest BCUT2D eigenvalue weighted by atomic mass is 35.5. The number of carbonyl (C=O) groups is 2. The Morgan fingerprint density at radius 1 is 1.06 bits per heavy atom. The maximum atomic E-state index is 13.1. The van der Waals surface area contributed by atoms with Crippen molar-refractivity contribution in [3.05, 3.63) is 88.4 Å². The maximum Gasteiger partial charge on any atom is 0.414 e. The minimum Gasteiger partial charge on any atom is -0.447 e. The minimum atomic E-state index is -0.354. The van der Waals surface area contributed by atoms with Crippen LogP contribution in [0, 0.1) is 0 Å². The number of cyclic esters (lactones) is 1. The molecule has 2 aliphatic heterocycles. The van der Waals surface area contributed by atoms with E-state index < -0.39 is 0 Å². The van der Waals surface area contributed by atoms with Gasteiger partial charge in [0.1, 0.15) is 6.61 Å².